The van der Waals surface area contributed by atoms with Crippen molar-refractivity contribution in [1.29, 1.82) is 0 Å². The molecular formula is C45H76O18. The molecule has 0 spiro atoms. The van der Waals surface area contributed by atoms with E-state index in [1.54, 1.807) is 0 Å². The summed E-state index contributed by atoms with van der Waals surface area (Å²) in [7, 11) is 0. The topological polar surface area (TPSA) is 287 Å². The second-order valence-electron chi connectivity index (χ2n) is 21.4. The molecule has 0 radical (unpaired) electrons. The van der Waals surface area contributed by atoms with Gasteiger partial charge in [-0.25, -0.2) is 0 Å². The van der Waals surface area contributed by atoms with E-state index in [9.17, 15) is 56.2 Å². The molecule has 0 aromatic rings. The summed E-state index contributed by atoms with van der Waals surface area (Å²) < 4.78 is 42.2. The van der Waals surface area contributed by atoms with E-state index < -0.39 is 111 Å². The minimum atomic E-state index is -1.64. The van der Waals surface area contributed by atoms with E-state index in [4.69, 9.17) is 33.2 Å². The number of ether oxygens (including phenoxy) is 7. The standard InChI is InChI=1S/C45H76O18/c1-19(18-57-40-37(54)35(52)32(49)28(16-46)60-40)8-13-45(56)20(2)30-27(63-45)15-26-24-7-6-22-14-23(9-11-43(22,4)25(24)10-12-44(26,30)5)59-42-39(36(53)33(50)29(17-47)61-42)62-41-38(55)34(51)31(48)21(3)58-41/h19-42,46-56H,6-18H2,1-5H3/t19-,20+,21+,22+,23+,24-,25+,26-,27+,28-,29-,30+,31+,32-,33-,34-,35+,36+,37-,38-,39-,40-,41+,42-,43+,44+,45+/m1/s1. The van der Waals surface area contributed by atoms with E-state index in [2.05, 4.69) is 20.8 Å². The molecule has 4 heterocycles. The Morgan fingerprint density at radius 1 is 0.651 bits per heavy atom. The molecule has 27 atom stereocenters. The van der Waals surface area contributed by atoms with Crippen LogP contribution in [0.5, 0.6) is 0 Å². The second-order valence-corrected chi connectivity index (χ2v) is 21.4. The minimum absolute atomic E-state index is 0.0145. The van der Waals surface area contributed by atoms with E-state index in [0.717, 1.165) is 51.4 Å². The number of hydrogen-bond acceptors (Lipinski definition) is 18. The number of rotatable bonds is 12. The highest BCUT2D eigenvalue weighted by molar-refractivity contribution is 5.15. The summed E-state index contributed by atoms with van der Waals surface area (Å²) >= 11 is 0. The van der Waals surface area contributed by atoms with Gasteiger partial charge in [0, 0.05) is 12.3 Å². The van der Waals surface area contributed by atoms with Crippen LogP contribution in [0.1, 0.15) is 98.8 Å². The number of hydrogen-bond donors (Lipinski definition) is 11. The fourth-order valence-corrected chi connectivity index (χ4v) is 14.1. The van der Waals surface area contributed by atoms with Gasteiger partial charge in [0.1, 0.15) is 67.1 Å². The zero-order valence-electron chi connectivity index (χ0n) is 37.3. The quantitative estimate of drug-likeness (QED) is 0.107. The Morgan fingerprint density at radius 3 is 1.98 bits per heavy atom. The van der Waals surface area contributed by atoms with E-state index in [1.165, 1.54) is 6.92 Å². The molecule has 0 aromatic carbocycles. The molecule has 4 saturated carbocycles. The summed E-state index contributed by atoms with van der Waals surface area (Å²) in [5, 5.41) is 115. The first kappa shape index (κ1) is 48.7. The normalized spacial score (nSPS) is 56.3. The van der Waals surface area contributed by atoms with Crippen LogP contribution in [0.2, 0.25) is 0 Å². The summed E-state index contributed by atoms with van der Waals surface area (Å²) in [6.07, 6.45) is -12.1. The minimum Gasteiger partial charge on any atom is -0.394 e. The Balaban J connectivity index is 0.868. The Labute approximate surface area is 369 Å². The second kappa shape index (κ2) is 18.6. The molecule has 4 saturated heterocycles. The van der Waals surface area contributed by atoms with Gasteiger partial charge < -0.3 is 89.3 Å². The van der Waals surface area contributed by atoms with Crippen molar-refractivity contribution in [3.8, 4) is 0 Å². The first-order valence-corrected chi connectivity index (χ1v) is 23.7. The third-order valence-electron chi connectivity index (χ3n) is 17.9. The van der Waals surface area contributed by atoms with Gasteiger partial charge in [0.05, 0.1) is 38.1 Å². The van der Waals surface area contributed by atoms with Crippen molar-refractivity contribution in [3.05, 3.63) is 0 Å². The molecule has 63 heavy (non-hydrogen) atoms. The maximum Gasteiger partial charge on any atom is 0.187 e. The fraction of sp³-hybridized carbons (Fsp3) is 1.00. The summed E-state index contributed by atoms with van der Waals surface area (Å²) in [5.74, 6) is 0.658. The largest absolute Gasteiger partial charge is 0.394 e. The van der Waals surface area contributed by atoms with Crippen molar-refractivity contribution in [2.24, 2.45) is 52.3 Å². The molecule has 0 aromatic heterocycles. The van der Waals surface area contributed by atoms with Gasteiger partial charge in [-0.05, 0) is 111 Å². The van der Waals surface area contributed by atoms with Gasteiger partial charge in [-0.1, -0.05) is 27.7 Å². The molecule has 0 unspecified atom stereocenters. The average molecular weight is 905 g/mol. The predicted octanol–water partition coefficient (Wildman–Crippen LogP) is -0.752. The Morgan fingerprint density at radius 2 is 1.29 bits per heavy atom. The Kier molecular flexibility index (Phi) is 14.4. The van der Waals surface area contributed by atoms with Crippen molar-refractivity contribution in [2.45, 2.75) is 209 Å². The molecule has 364 valence electrons. The van der Waals surface area contributed by atoms with Crippen LogP contribution in [0.4, 0.5) is 0 Å². The lowest BCUT2D eigenvalue weighted by molar-refractivity contribution is -0.371. The third kappa shape index (κ3) is 8.60. The highest BCUT2D eigenvalue weighted by atomic mass is 16.8. The average Bonchev–Trinajstić information content (AvgIpc) is 3.70. The van der Waals surface area contributed by atoms with Crippen LogP contribution in [0.3, 0.4) is 0 Å². The van der Waals surface area contributed by atoms with Gasteiger partial charge in [-0.15, -0.1) is 0 Å². The van der Waals surface area contributed by atoms with Crippen LogP contribution in [-0.2, 0) is 33.2 Å². The highest BCUT2D eigenvalue weighted by Gasteiger charge is 2.68. The van der Waals surface area contributed by atoms with Gasteiger partial charge in [0.25, 0.3) is 0 Å². The van der Waals surface area contributed by atoms with E-state index >= 15 is 0 Å². The molecule has 11 N–H and O–H groups in total. The van der Waals surface area contributed by atoms with Crippen LogP contribution in [0.25, 0.3) is 0 Å². The van der Waals surface area contributed by atoms with Crippen molar-refractivity contribution >= 4 is 0 Å². The summed E-state index contributed by atoms with van der Waals surface area (Å²) in [4.78, 5) is 0. The molecule has 4 aliphatic carbocycles. The van der Waals surface area contributed by atoms with Gasteiger partial charge >= 0.3 is 0 Å². The summed E-state index contributed by atoms with van der Waals surface area (Å²) in [5.41, 5.74) is 0.0866. The van der Waals surface area contributed by atoms with Crippen molar-refractivity contribution in [1.82, 2.24) is 0 Å². The van der Waals surface area contributed by atoms with E-state index in [0.29, 0.717) is 36.5 Å². The first-order valence-electron chi connectivity index (χ1n) is 23.7. The van der Waals surface area contributed by atoms with Crippen LogP contribution >= 0.6 is 0 Å². The highest BCUT2D eigenvalue weighted by Crippen LogP contribution is 2.71. The van der Waals surface area contributed by atoms with Gasteiger partial charge in [-0.2, -0.15) is 0 Å². The number of aliphatic hydroxyl groups excluding tert-OH is 10. The Hall–Kier alpha value is -0.720. The van der Waals surface area contributed by atoms with Crippen molar-refractivity contribution in [2.75, 3.05) is 19.8 Å². The maximum absolute atomic E-state index is 12.1. The molecule has 0 bridgehead atoms. The fourth-order valence-electron chi connectivity index (χ4n) is 14.1. The van der Waals surface area contributed by atoms with E-state index in [1.807, 2.05) is 6.92 Å². The number of aliphatic hydroxyl groups is 11. The lowest BCUT2D eigenvalue weighted by atomic mass is 9.44. The zero-order valence-corrected chi connectivity index (χ0v) is 37.3. The van der Waals surface area contributed by atoms with Crippen molar-refractivity contribution in [3.63, 3.8) is 0 Å². The summed E-state index contributed by atoms with van der Waals surface area (Å²) in [6, 6.07) is 0. The maximum atomic E-state index is 12.1. The molecule has 18 nitrogen and oxygen atoms in total. The van der Waals surface area contributed by atoms with Gasteiger partial charge in [0.2, 0.25) is 0 Å². The molecule has 0 amide bonds. The van der Waals surface area contributed by atoms with E-state index in [-0.39, 0.29) is 47.4 Å². The monoisotopic (exact) mass is 905 g/mol. The smallest absolute Gasteiger partial charge is 0.187 e. The lowest BCUT2D eigenvalue weighted by Crippen LogP contribution is -2.64. The van der Waals surface area contributed by atoms with Crippen LogP contribution in [0, 0.1) is 52.3 Å². The van der Waals surface area contributed by atoms with Crippen LogP contribution in [0.15, 0.2) is 0 Å². The molecule has 18 heteroatoms. The predicted molar refractivity (Wildman–Crippen MR) is 218 cm³/mol. The molecule has 8 fully saturated rings. The van der Waals surface area contributed by atoms with Crippen LogP contribution < -0.4 is 0 Å². The lowest BCUT2D eigenvalue weighted by Gasteiger charge is -2.61. The summed E-state index contributed by atoms with van der Waals surface area (Å²) in [6.45, 7) is 9.57. The SMILES string of the molecule is C[C@H](CC[C@]1(O)O[C@H]2C[C@@H]3[C@@H]4CC[C@H]5C[C@@H](O[C@@H]6O[C@H](CO)[C@@H](O)[C@H](O)[C@H]6O[C@@H]6O[C@@H](C)[C@H](O)[C@@H](O)[C@H]6O)CC[C@]5(C)[C@H]4CC[C@]3(C)[C@H]2[C@@H]1C)CO[C@@H]1O[C@H](CO)[C@@H](O)[C@H](O)[C@H]1O. The molecular weight excluding hydrogens is 828 g/mol. The number of fused-ring (bicyclic) bond motifs is 7. The molecule has 8 rings (SSSR count). The third-order valence-corrected chi connectivity index (χ3v) is 17.9. The molecule has 8 aliphatic rings. The molecule has 4 aliphatic heterocycles. The van der Waals surface area contributed by atoms with Crippen LogP contribution in [-0.4, -0.2) is 186 Å². The zero-order chi connectivity index (χ0) is 45.5. The van der Waals surface area contributed by atoms with Gasteiger partial charge in [-0.3, -0.25) is 0 Å². The van der Waals surface area contributed by atoms with Gasteiger partial charge in [0.15, 0.2) is 24.7 Å². The Bertz CT molecular complexity index is 1540. The first-order chi connectivity index (χ1) is 29.8. The van der Waals surface area contributed by atoms with Crippen molar-refractivity contribution < 1.29 is 89.3 Å².